The summed E-state index contributed by atoms with van der Waals surface area (Å²) in [5.41, 5.74) is 2.62. The molecule has 0 amide bonds. The fourth-order valence-electron chi connectivity index (χ4n) is 2.75. The molecule has 0 N–H and O–H groups in total. The maximum atomic E-state index is 12.2. The highest BCUT2D eigenvalue weighted by molar-refractivity contribution is 5.84. The number of hydrogen-bond acceptors (Lipinski definition) is 4. The number of esters is 1. The van der Waals surface area contributed by atoms with Gasteiger partial charge in [-0.1, -0.05) is 72.8 Å². The molecule has 3 aromatic rings. The average molecular weight is 368 g/mol. The van der Waals surface area contributed by atoms with E-state index in [1.807, 2.05) is 71.6 Å². The fraction of sp³-hybridized carbons (Fsp3) is 0.0833. The van der Waals surface area contributed by atoms with Crippen LogP contribution in [-0.2, 0) is 17.9 Å². The second-order valence-corrected chi connectivity index (χ2v) is 6.22. The Kier molecular flexibility index (Phi) is 6.59. The van der Waals surface area contributed by atoms with E-state index in [9.17, 15) is 4.79 Å². The maximum absolute atomic E-state index is 12.2. The van der Waals surface area contributed by atoms with E-state index in [0.29, 0.717) is 18.7 Å². The van der Waals surface area contributed by atoms with Gasteiger partial charge in [0, 0.05) is 25.4 Å². The molecule has 0 aliphatic rings. The average Bonchev–Trinajstić information content (AvgIpc) is 2.74. The second-order valence-electron chi connectivity index (χ2n) is 6.22. The highest BCUT2D eigenvalue weighted by Gasteiger charge is 2.08. The van der Waals surface area contributed by atoms with Crippen LogP contribution in [-0.4, -0.2) is 10.9 Å². The molecule has 0 aliphatic heterocycles. The third kappa shape index (κ3) is 5.58. The van der Waals surface area contributed by atoms with E-state index in [1.54, 1.807) is 30.5 Å². The summed E-state index contributed by atoms with van der Waals surface area (Å²) in [6, 6.07) is 28.8. The molecule has 0 saturated heterocycles. The lowest BCUT2D eigenvalue weighted by molar-refractivity contribution is -0.129. The largest absolute Gasteiger partial charge is 0.422 e. The van der Waals surface area contributed by atoms with Crippen molar-refractivity contribution in [1.82, 2.24) is 4.90 Å². The van der Waals surface area contributed by atoms with Crippen LogP contribution in [0, 0.1) is 11.3 Å². The molecule has 0 fully saturated rings. The number of hydrogen-bond donors (Lipinski definition) is 0. The first kappa shape index (κ1) is 18.9. The molecular formula is C24H20N2O2. The number of para-hydroxylation sites is 1. The molecule has 3 aromatic carbocycles. The van der Waals surface area contributed by atoms with Crippen molar-refractivity contribution in [3.05, 3.63) is 114 Å². The van der Waals surface area contributed by atoms with Crippen molar-refractivity contribution in [2.24, 2.45) is 0 Å². The van der Waals surface area contributed by atoms with Crippen molar-refractivity contribution >= 4 is 5.97 Å². The first-order valence-electron chi connectivity index (χ1n) is 8.95. The van der Waals surface area contributed by atoms with Gasteiger partial charge in [-0.2, -0.15) is 5.26 Å². The van der Waals surface area contributed by atoms with Gasteiger partial charge in [0.2, 0.25) is 0 Å². The van der Waals surface area contributed by atoms with Gasteiger partial charge in [0.25, 0.3) is 0 Å². The third-order valence-electron chi connectivity index (χ3n) is 4.10. The molecule has 0 aliphatic carbocycles. The van der Waals surface area contributed by atoms with Gasteiger partial charge < -0.3 is 9.64 Å². The third-order valence-corrected chi connectivity index (χ3v) is 4.10. The number of nitriles is 1. The molecule has 28 heavy (non-hydrogen) atoms. The van der Waals surface area contributed by atoms with E-state index in [4.69, 9.17) is 10.00 Å². The molecule has 3 rings (SSSR count). The van der Waals surface area contributed by atoms with Gasteiger partial charge in [-0.25, -0.2) is 4.79 Å². The topological polar surface area (TPSA) is 53.3 Å². The standard InChI is InChI=1S/C24H20N2O2/c25-17-22-13-7-8-14-23(22)28-24(27)15-16-26(18-20-9-3-1-4-10-20)19-21-11-5-2-6-12-21/h1-16H,18-19H2/b16-15+. The quantitative estimate of drug-likeness (QED) is 0.345. The first-order chi connectivity index (χ1) is 13.7. The molecule has 0 radical (unpaired) electrons. The van der Waals surface area contributed by atoms with Gasteiger partial charge in [-0.15, -0.1) is 0 Å². The summed E-state index contributed by atoms with van der Waals surface area (Å²) in [5.74, 6) is -0.258. The van der Waals surface area contributed by atoms with E-state index >= 15 is 0 Å². The Balaban J connectivity index is 1.72. The highest BCUT2D eigenvalue weighted by Crippen LogP contribution is 2.17. The first-order valence-corrected chi connectivity index (χ1v) is 8.95. The zero-order chi connectivity index (χ0) is 19.6. The van der Waals surface area contributed by atoms with Gasteiger partial charge in [-0.3, -0.25) is 0 Å². The van der Waals surface area contributed by atoms with Gasteiger partial charge in [0.05, 0.1) is 5.56 Å². The van der Waals surface area contributed by atoms with Crippen molar-refractivity contribution < 1.29 is 9.53 Å². The van der Waals surface area contributed by atoms with Crippen LogP contribution in [0.2, 0.25) is 0 Å². The van der Waals surface area contributed by atoms with E-state index in [0.717, 1.165) is 11.1 Å². The summed E-state index contributed by atoms with van der Waals surface area (Å²) in [6.07, 6.45) is 3.12. The van der Waals surface area contributed by atoms with E-state index in [1.165, 1.54) is 6.08 Å². The van der Waals surface area contributed by atoms with Crippen LogP contribution in [0.25, 0.3) is 0 Å². The molecule has 138 valence electrons. The molecule has 0 spiro atoms. The number of carbonyl (C=O) groups is 1. The number of nitrogens with zero attached hydrogens (tertiary/aromatic N) is 2. The maximum Gasteiger partial charge on any atom is 0.337 e. The molecule has 4 nitrogen and oxygen atoms in total. The second kappa shape index (κ2) is 9.75. The summed E-state index contributed by atoms with van der Waals surface area (Å²) >= 11 is 0. The van der Waals surface area contributed by atoms with Crippen LogP contribution in [0.4, 0.5) is 0 Å². The van der Waals surface area contributed by atoms with Crippen LogP contribution >= 0.6 is 0 Å². The highest BCUT2D eigenvalue weighted by atomic mass is 16.5. The summed E-state index contributed by atoms with van der Waals surface area (Å²) in [4.78, 5) is 14.3. The molecule has 0 unspecified atom stereocenters. The minimum atomic E-state index is -0.520. The minimum Gasteiger partial charge on any atom is -0.422 e. The van der Waals surface area contributed by atoms with Gasteiger partial charge in [-0.05, 0) is 23.3 Å². The lowest BCUT2D eigenvalue weighted by Crippen LogP contribution is -2.17. The fourth-order valence-corrected chi connectivity index (χ4v) is 2.75. The molecular weight excluding hydrogens is 348 g/mol. The molecule has 0 heterocycles. The van der Waals surface area contributed by atoms with E-state index in [-0.39, 0.29) is 5.75 Å². The van der Waals surface area contributed by atoms with Gasteiger partial charge >= 0.3 is 5.97 Å². The van der Waals surface area contributed by atoms with Crippen LogP contribution in [0.3, 0.4) is 0 Å². The zero-order valence-electron chi connectivity index (χ0n) is 15.4. The predicted molar refractivity (Wildman–Crippen MR) is 108 cm³/mol. The molecule has 0 saturated carbocycles. The van der Waals surface area contributed by atoms with Crippen molar-refractivity contribution in [2.45, 2.75) is 13.1 Å². The molecule has 0 aromatic heterocycles. The van der Waals surface area contributed by atoms with E-state index in [2.05, 4.69) is 0 Å². The van der Waals surface area contributed by atoms with Crippen LogP contribution < -0.4 is 4.74 Å². The number of carbonyl (C=O) groups excluding carboxylic acids is 1. The Hall–Kier alpha value is -3.84. The van der Waals surface area contributed by atoms with Crippen molar-refractivity contribution in [2.75, 3.05) is 0 Å². The Morgan fingerprint density at radius 2 is 1.39 bits per heavy atom. The van der Waals surface area contributed by atoms with Crippen LogP contribution in [0.15, 0.2) is 97.2 Å². The summed E-state index contributed by atoms with van der Waals surface area (Å²) in [7, 11) is 0. The lowest BCUT2D eigenvalue weighted by Gasteiger charge is -2.20. The van der Waals surface area contributed by atoms with Crippen LogP contribution in [0.1, 0.15) is 16.7 Å². The number of rotatable bonds is 7. The Bertz CT molecular complexity index is 935. The molecule has 0 bridgehead atoms. The Morgan fingerprint density at radius 3 is 1.96 bits per heavy atom. The summed E-state index contributed by atoms with van der Waals surface area (Å²) < 4.78 is 5.31. The number of ether oxygens (including phenoxy) is 1. The normalized spacial score (nSPS) is 10.4. The minimum absolute atomic E-state index is 0.261. The predicted octanol–water partition coefficient (Wildman–Crippen LogP) is 4.68. The van der Waals surface area contributed by atoms with Crippen LogP contribution in [0.5, 0.6) is 5.75 Å². The molecule has 0 atom stereocenters. The monoisotopic (exact) mass is 368 g/mol. The summed E-state index contributed by atoms with van der Waals surface area (Å²) in [5, 5.41) is 9.11. The smallest absolute Gasteiger partial charge is 0.337 e. The summed E-state index contributed by atoms with van der Waals surface area (Å²) in [6.45, 7) is 1.32. The number of benzene rings is 3. The van der Waals surface area contributed by atoms with Crippen molar-refractivity contribution in [1.29, 1.82) is 5.26 Å². The zero-order valence-corrected chi connectivity index (χ0v) is 15.4. The lowest BCUT2D eigenvalue weighted by atomic mass is 10.2. The van der Waals surface area contributed by atoms with Crippen molar-refractivity contribution in [3.8, 4) is 11.8 Å². The van der Waals surface area contributed by atoms with Gasteiger partial charge in [0.1, 0.15) is 11.8 Å². The SMILES string of the molecule is N#Cc1ccccc1OC(=O)/C=C/N(Cc1ccccc1)Cc1ccccc1. The Labute approximate surface area is 164 Å². The van der Waals surface area contributed by atoms with E-state index < -0.39 is 5.97 Å². The van der Waals surface area contributed by atoms with Gasteiger partial charge in [0.15, 0.2) is 0 Å². The van der Waals surface area contributed by atoms with Crippen molar-refractivity contribution in [3.63, 3.8) is 0 Å². The Morgan fingerprint density at radius 1 is 0.857 bits per heavy atom. The molecule has 4 heteroatoms.